The van der Waals surface area contributed by atoms with E-state index in [0.29, 0.717) is 16.4 Å². The van der Waals surface area contributed by atoms with E-state index in [1.54, 1.807) is 12.3 Å². The van der Waals surface area contributed by atoms with Crippen molar-refractivity contribution < 1.29 is 13.9 Å². The fourth-order valence-electron chi connectivity index (χ4n) is 1.06. The van der Waals surface area contributed by atoms with Crippen LogP contribution in [0.15, 0.2) is 17.0 Å². The summed E-state index contributed by atoms with van der Waals surface area (Å²) in [6.07, 6.45) is 1.79. The normalized spacial score (nSPS) is 9.85. The molecule has 0 radical (unpaired) electrons. The van der Waals surface area contributed by atoms with Gasteiger partial charge < -0.3 is 9.47 Å². The van der Waals surface area contributed by atoms with Crippen LogP contribution in [0.4, 0.5) is 4.39 Å². The van der Waals surface area contributed by atoms with Crippen LogP contribution in [0, 0.1) is 5.82 Å². The van der Waals surface area contributed by atoms with E-state index < -0.39 is 0 Å². The van der Waals surface area contributed by atoms with Gasteiger partial charge in [-0.25, -0.2) is 4.39 Å². The molecule has 2 nitrogen and oxygen atoms in total. The number of ether oxygens (including phenoxy) is 2. The van der Waals surface area contributed by atoms with E-state index in [1.165, 1.54) is 32.0 Å². The molecular formula is C9H11FO2S. The van der Waals surface area contributed by atoms with Gasteiger partial charge in [0.15, 0.2) is 11.5 Å². The molecule has 4 heteroatoms. The fraction of sp³-hybridized carbons (Fsp3) is 0.333. The zero-order valence-corrected chi connectivity index (χ0v) is 8.57. The third kappa shape index (κ3) is 1.88. The number of benzene rings is 1. The zero-order valence-electron chi connectivity index (χ0n) is 7.76. The summed E-state index contributed by atoms with van der Waals surface area (Å²) in [5.41, 5.74) is 0. The highest BCUT2D eigenvalue weighted by Crippen LogP contribution is 2.38. The molecule has 0 heterocycles. The first-order valence-corrected chi connectivity index (χ1v) is 4.91. The van der Waals surface area contributed by atoms with Gasteiger partial charge in [0.05, 0.1) is 19.1 Å². The number of thioether (sulfide) groups is 1. The summed E-state index contributed by atoms with van der Waals surface area (Å²) in [4.78, 5) is 0.474. The van der Waals surface area contributed by atoms with Crippen molar-refractivity contribution in [3.63, 3.8) is 0 Å². The van der Waals surface area contributed by atoms with E-state index in [2.05, 4.69) is 0 Å². The molecule has 1 rings (SSSR count). The van der Waals surface area contributed by atoms with Crippen LogP contribution in [0.2, 0.25) is 0 Å². The highest BCUT2D eigenvalue weighted by Gasteiger charge is 2.13. The zero-order chi connectivity index (χ0) is 9.84. The Bertz CT molecular complexity index is 302. The lowest BCUT2D eigenvalue weighted by Crippen LogP contribution is -1.94. The van der Waals surface area contributed by atoms with Gasteiger partial charge in [-0.2, -0.15) is 0 Å². The number of methoxy groups -OCH3 is 2. The molecule has 0 aliphatic rings. The van der Waals surface area contributed by atoms with Crippen LogP contribution in [0.1, 0.15) is 0 Å². The third-order valence-corrected chi connectivity index (χ3v) is 2.44. The molecule has 72 valence electrons. The number of halogens is 1. The van der Waals surface area contributed by atoms with E-state index in [4.69, 9.17) is 9.47 Å². The van der Waals surface area contributed by atoms with Gasteiger partial charge in [-0.1, -0.05) is 0 Å². The van der Waals surface area contributed by atoms with Gasteiger partial charge in [-0.05, 0) is 18.4 Å². The molecule has 0 fully saturated rings. The maximum absolute atomic E-state index is 13.2. The standard InChI is InChI=1S/C9H11FO2S/c1-11-7-5-4-6(10)9(13-3)8(7)12-2/h4-5H,1-3H3. The van der Waals surface area contributed by atoms with E-state index in [1.807, 2.05) is 0 Å². The Kier molecular flexibility index (Phi) is 3.42. The average Bonchev–Trinajstić information content (AvgIpc) is 2.17. The second-order valence-electron chi connectivity index (χ2n) is 2.32. The van der Waals surface area contributed by atoms with Crippen LogP contribution in [0.3, 0.4) is 0 Å². The van der Waals surface area contributed by atoms with Crippen LogP contribution >= 0.6 is 11.8 Å². The molecule has 0 saturated carbocycles. The van der Waals surface area contributed by atoms with E-state index in [0.717, 1.165) is 0 Å². The lowest BCUT2D eigenvalue weighted by atomic mass is 10.3. The van der Waals surface area contributed by atoms with Gasteiger partial charge in [0.25, 0.3) is 0 Å². The number of hydrogen-bond acceptors (Lipinski definition) is 3. The van der Waals surface area contributed by atoms with Gasteiger partial charge >= 0.3 is 0 Å². The molecule has 0 atom stereocenters. The molecule has 1 aromatic carbocycles. The Morgan fingerprint density at radius 1 is 1.23 bits per heavy atom. The average molecular weight is 202 g/mol. The summed E-state index contributed by atoms with van der Waals surface area (Å²) in [6, 6.07) is 2.92. The second kappa shape index (κ2) is 4.37. The van der Waals surface area contributed by atoms with Crippen LogP contribution in [0.5, 0.6) is 11.5 Å². The Morgan fingerprint density at radius 2 is 1.92 bits per heavy atom. The smallest absolute Gasteiger partial charge is 0.177 e. The van der Waals surface area contributed by atoms with Gasteiger partial charge in [0.2, 0.25) is 0 Å². The van der Waals surface area contributed by atoms with E-state index in [9.17, 15) is 4.39 Å². The Balaban J connectivity index is 3.27. The lowest BCUT2D eigenvalue weighted by molar-refractivity contribution is 0.343. The largest absolute Gasteiger partial charge is 0.493 e. The fourth-order valence-corrected chi connectivity index (χ4v) is 1.70. The minimum absolute atomic E-state index is 0.287. The first kappa shape index (κ1) is 10.2. The summed E-state index contributed by atoms with van der Waals surface area (Å²) < 4.78 is 23.3. The minimum Gasteiger partial charge on any atom is -0.493 e. The van der Waals surface area contributed by atoms with Crippen molar-refractivity contribution in [3.05, 3.63) is 17.9 Å². The predicted octanol–water partition coefficient (Wildman–Crippen LogP) is 2.56. The van der Waals surface area contributed by atoms with Gasteiger partial charge in [0.1, 0.15) is 5.82 Å². The first-order valence-electron chi connectivity index (χ1n) is 3.69. The minimum atomic E-state index is -0.287. The van der Waals surface area contributed by atoms with Gasteiger partial charge in [-0.3, -0.25) is 0 Å². The van der Waals surface area contributed by atoms with Crippen molar-refractivity contribution in [1.29, 1.82) is 0 Å². The number of hydrogen-bond donors (Lipinski definition) is 0. The Morgan fingerprint density at radius 3 is 2.38 bits per heavy atom. The summed E-state index contributed by atoms with van der Waals surface area (Å²) in [7, 11) is 3.02. The van der Waals surface area contributed by atoms with Gasteiger partial charge in [-0.15, -0.1) is 11.8 Å². The highest BCUT2D eigenvalue weighted by atomic mass is 32.2. The molecule has 0 aromatic heterocycles. The predicted molar refractivity (Wildman–Crippen MR) is 51.3 cm³/mol. The molecule has 1 aromatic rings. The highest BCUT2D eigenvalue weighted by molar-refractivity contribution is 7.98. The van der Waals surface area contributed by atoms with Crippen molar-refractivity contribution in [2.75, 3.05) is 20.5 Å². The topological polar surface area (TPSA) is 18.5 Å². The second-order valence-corrected chi connectivity index (χ2v) is 3.13. The molecule has 0 bridgehead atoms. The monoisotopic (exact) mass is 202 g/mol. The molecule has 13 heavy (non-hydrogen) atoms. The quantitative estimate of drug-likeness (QED) is 0.702. The van der Waals surface area contributed by atoms with Crippen LogP contribution in [0.25, 0.3) is 0 Å². The third-order valence-electron chi connectivity index (χ3n) is 1.66. The molecule has 0 amide bonds. The molecule has 0 aliphatic heterocycles. The summed E-state index contributed by atoms with van der Waals surface area (Å²) in [5.74, 6) is 0.716. The Labute approximate surface area is 81.0 Å². The van der Waals surface area contributed by atoms with E-state index >= 15 is 0 Å². The molecule has 0 aliphatic carbocycles. The van der Waals surface area contributed by atoms with Crippen molar-refractivity contribution in [3.8, 4) is 11.5 Å². The van der Waals surface area contributed by atoms with Crippen LogP contribution in [-0.4, -0.2) is 20.5 Å². The van der Waals surface area contributed by atoms with Crippen molar-refractivity contribution in [1.82, 2.24) is 0 Å². The van der Waals surface area contributed by atoms with Crippen molar-refractivity contribution in [2.24, 2.45) is 0 Å². The molecule has 0 saturated heterocycles. The summed E-state index contributed by atoms with van der Waals surface area (Å²) in [5, 5.41) is 0. The summed E-state index contributed by atoms with van der Waals surface area (Å²) >= 11 is 1.30. The molecule has 0 unspecified atom stereocenters. The van der Waals surface area contributed by atoms with Crippen LogP contribution < -0.4 is 9.47 Å². The van der Waals surface area contributed by atoms with Crippen LogP contribution in [-0.2, 0) is 0 Å². The van der Waals surface area contributed by atoms with Crippen molar-refractivity contribution >= 4 is 11.8 Å². The molecule has 0 spiro atoms. The first-order chi connectivity index (χ1) is 6.24. The maximum atomic E-state index is 13.2. The Hall–Kier alpha value is -0.900. The summed E-state index contributed by atoms with van der Waals surface area (Å²) in [6.45, 7) is 0. The SMILES string of the molecule is COc1ccc(F)c(SC)c1OC. The van der Waals surface area contributed by atoms with Gasteiger partial charge in [0, 0.05) is 0 Å². The molecule has 0 N–H and O–H groups in total. The van der Waals surface area contributed by atoms with Crippen molar-refractivity contribution in [2.45, 2.75) is 4.90 Å². The number of rotatable bonds is 3. The van der Waals surface area contributed by atoms with E-state index in [-0.39, 0.29) is 5.82 Å². The molecular weight excluding hydrogens is 191 g/mol. The maximum Gasteiger partial charge on any atom is 0.177 e. The lowest BCUT2D eigenvalue weighted by Gasteiger charge is -2.11.